The zero-order chi connectivity index (χ0) is 28.4. The Bertz CT molecular complexity index is 833. The highest BCUT2D eigenvalue weighted by molar-refractivity contribution is 5.91. The van der Waals surface area contributed by atoms with Crippen LogP contribution in [0.5, 0.6) is 0 Å². The van der Waals surface area contributed by atoms with E-state index >= 15 is 0 Å². The van der Waals surface area contributed by atoms with E-state index in [1.807, 2.05) is 19.9 Å². The lowest BCUT2D eigenvalue weighted by Crippen LogP contribution is -2.41. The van der Waals surface area contributed by atoms with E-state index in [1.54, 1.807) is 6.92 Å². The first-order valence-corrected chi connectivity index (χ1v) is 14.1. The normalized spacial score (nSPS) is 13.0. The van der Waals surface area contributed by atoms with Crippen molar-refractivity contribution in [2.75, 3.05) is 0 Å². The second kappa shape index (κ2) is 24.3. The number of carbonyl (C=O) groups is 4. The van der Waals surface area contributed by atoms with Crippen LogP contribution < -0.4 is 5.32 Å². The second-order valence-corrected chi connectivity index (χ2v) is 9.52. The number of ether oxygens (including phenoxy) is 1. The van der Waals surface area contributed by atoms with E-state index in [0.29, 0.717) is 19.3 Å². The molecule has 0 aliphatic carbocycles. The maximum absolute atomic E-state index is 12.1. The molecule has 1 amide bonds. The van der Waals surface area contributed by atoms with Gasteiger partial charge in [-0.1, -0.05) is 88.5 Å². The van der Waals surface area contributed by atoms with Crippen molar-refractivity contribution in [1.82, 2.24) is 5.32 Å². The monoisotopic (exact) mass is 527 g/mol. The number of rotatable bonds is 21. The molecule has 212 valence electrons. The maximum atomic E-state index is 12.1. The fourth-order valence-corrected chi connectivity index (χ4v) is 3.43. The van der Waals surface area contributed by atoms with Crippen molar-refractivity contribution in [2.45, 2.75) is 111 Å². The first kappa shape index (κ1) is 35.0. The van der Waals surface area contributed by atoms with Crippen molar-refractivity contribution < 1.29 is 23.9 Å². The van der Waals surface area contributed by atoms with Gasteiger partial charge in [-0.25, -0.2) is 0 Å². The Morgan fingerprint density at radius 2 is 1.18 bits per heavy atom. The number of unbranched alkanes of at least 4 members (excludes halogenated alkanes) is 1. The number of allylic oxidation sites excluding steroid dienone is 10. The van der Waals surface area contributed by atoms with Crippen LogP contribution in [-0.4, -0.2) is 29.7 Å². The van der Waals surface area contributed by atoms with Gasteiger partial charge in [0.05, 0.1) is 12.5 Å². The molecule has 1 unspecified atom stereocenters. The van der Waals surface area contributed by atoms with Crippen molar-refractivity contribution in [2.24, 2.45) is 5.92 Å². The molecule has 0 aliphatic heterocycles. The molecule has 1 atom stereocenters. The second-order valence-electron chi connectivity index (χ2n) is 9.52. The third-order valence-electron chi connectivity index (χ3n) is 5.47. The Labute approximate surface area is 230 Å². The highest BCUT2D eigenvalue weighted by atomic mass is 16.6. The summed E-state index contributed by atoms with van der Waals surface area (Å²) in [6.45, 7) is 7.85. The van der Waals surface area contributed by atoms with E-state index in [2.05, 4.69) is 66.9 Å². The van der Waals surface area contributed by atoms with Crippen LogP contribution in [-0.2, 0) is 23.9 Å². The van der Waals surface area contributed by atoms with Crippen LogP contribution in [0.15, 0.2) is 60.8 Å². The molecular weight excluding hydrogens is 478 g/mol. The summed E-state index contributed by atoms with van der Waals surface area (Å²) < 4.78 is 4.79. The van der Waals surface area contributed by atoms with Crippen LogP contribution >= 0.6 is 0 Å². The Kier molecular flexibility index (Phi) is 22.4. The molecule has 0 heterocycles. The number of ketones is 1. The summed E-state index contributed by atoms with van der Waals surface area (Å²) in [5.41, 5.74) is 0. The minimum absolute atomic E-state index is 0.0303. The van der Waals surface area contributed by atoms with Crippen LogP contribution in [0.1, 0.15) is 105 Å². The first-order valence-electron chi connectivity index (χ1n) is 14.1. The fraction of sp³-hybridized carbons (Fsp3) is 0.562. The Morgan fingerprint density at radius 1 is 0.684 bits per heavy atom. The average Bonchev–Trinajstić information content (AvgIpc) is 2.88. The lowest BCUT2D eigenvalue weighted by Gasteiger charge is -2.18. The topological polar surface area (TPSA) is 89.5 Å². The standard InChI is InChI=1S/C32H49NO5/c1-5-7-8-9-10-11-12-13-14-15-16-17-18-19-20-21-22-23-31(36)38-32(37)25-24-30(35)33-28(26-27(3)4)29(34)6-2/h7-8,10-11,13-14,16-17,19-20,27-28H,5-6,9,12,15,18,21-26H2,1-4H3,(H,33,35)/b8-7-,11-10-,14-13-,17-16-,20-19-. The summed E-state index contributed by atoms with van der Waals surface area (Å²) in [6, 6.07) is -0.541. The minimum atomic E-state index is -0.720. The predicted octanol–water partition coefficient (Wildman–Crippen LogP) is 7.27. The van der Waals surface area contributed by atoms with Gasteiger partial charge in [0.2, 0.25) is 5.91 Å². The number of amides is 1. The number of hydrogen-bond donors (Lipinski definition) is 1. The molecule has 0 aliphatic rings. The van der Waals surface area contributed by atoms with E-state index in [0.717, 1.165) is 38.5 Å². The van der Waals surface area contributed by atoms with E-state index < -0.39 is 18.0 Å². The fourth-order valence-electron chi connectivity index (χ4n) is 3.43. The molecule has 1 N–H and O–H groups in total. The summed E-state index contributed by atoms with van der Waals surface area (Å²) in [7, 11) is 0. The van der Waals surface area contributed by atoms with E-state index in [9.17, 15) is 19.2 Å². The van der Waals surface area contributed by atoms with Crippen molar-refractivity contribution in [3.05, 3.63) is 60.8 Å². The molecule has 0 fully saturated rings. The van der Waals surface area contributed by atoms with E-state index in [1.165, 1.54) is 0 Å². The van der Waals surface area contributed by atoms with Gasteiger partial charge >= 0.3 is 11.9 Å². The van der Waals surface area contributed by atoms with Gasteiger partial charge in [-0.2, -0.15) is 0 Å². The van der Waals surface area contributed by atoms with Crippen LogP contribution in [0.25, 0.3) is 0 Å². The molecule has 6 nitrogen and oxygen atoms in total. The van der Waals surface area contributed by atoms with Crippen molar-refractivity contribution >= 4 is 23.6 Å². The Balaban J connectivity index is 3.93. The molecule has 0 rings (SSSR count). The molecule has 38 heavy (non-hydrogen) atoms. The summed E-state index contributed by atoms with van der Waals surface area (Å²) >= 11 is 0. The summed E-state index contributed by atoms with van der Waals surface area (Å²) in [6.07, 6.45) is 28.2. The van der Waals surface area contributed by atoms with Gasteiger partial charge < -0.3 is 10.1 Å². The van der Waals surface area contributed by atoms with Gasteiger partial charge in [-0.05, 0) is 57.3 Å². The van der Waals surface area contributed by atoms with E-state index in [-0.39, 0.29) is 36.9 Å². The van der Waals surface area contributed by atoms with Crippen LogP contribution in [0.3, 0.4) is 0 Å². The van der Waals surface area contributed by atoms with Crippen LogP contribution in [0.4, 0.5) is 0 Å². The zero-order valence-corrected chi connectivity index (χ0v) is 24.0. The number of hydrogen-bond acceptors (Lipinski definition) is 5. The Morgan fingerprint density at radius 3 is 1.68 bits per heavy atom. The third kappa shape index (κ3) is 22.2. The molecule has 0 spiro atoms. The molecule has 6 heteroatoms. The van der Waals surface area contributed by atoms with Crippen molar-refractivity contribution in [1.29, 1.82) is 0 Å². The average molecular weight is 528 g/mol. The predicted molar refractivity (Wildman–Crippen MR) is 155 cm³/mol. The minimum Gasteiger partial charge on any atom is -0.393 e. The zero-order valence-electron chi connectivity index (χ0n) is 24.0. The van der Waals surface area contributed by atoms with Gasteiger partial charge in [-0.15, -0.1) is 0 Å². The van der Waals surface area contributed by atoms with Crippen LogP contribution in [0.2, 0.25) is 0 Å². The highest BCUT2D eigenvalue weighted by Gasteiger charge is 2.21. The first-order chi connectivity index (χ1) is 18.3. The Hall–Kier alpha value is -3.02. The molecule has 0 radical (unpaired) electrons. The van der Waals surface area contributed by atoms with Crippen LogP contribution in [0, 0.1) is 5.92 Å². The summed E-state index contributed by atoms with van der Waals surface area (Å²) in [5, 5.41) is 2.69. The number of Topliss-reactive ketones (excluding diaryl/α,β-unsaturated/α-hetero) is 1. The highest BCUT2D eigenvalue weighted by Crippen LogP contribution is 2.08. The number of carbonyl (C=O) groups excluding carboxylic acids is 4. The molecule has 0 aromatic carbocycles. The van der Waals surface area contributed by atoms with Gasteiger partial charge in [0.25, 0.3) is 0 Å². The van der Waals surface area contributed by atoms with Gasteiger partial charge in [0, 0.05) is 19.3 Å². The summed E-state index contributed by atoms with van der Waals surface area (Å²) in [4.78, 5) is 47.8. The number of nitrogens with one attached hydrogen (secondary N) is 1. The maximum Gasteiger partial charge on any atom is 0.313 e. The lowest BCUT2D eigenvalue weighted by molar-refractivity contribution is -0.160. The largest absolute Gasteiger partial charge is 0.393 e. The molecule has 0 saturated heterocycles. The molecular formula is C32H49NO5. The van der Waals surface area contributed by atoms with Gasteiger partial charge in [0.1, 0.15) is 0 Å². The smallest absolute Gasteiger partial charge is 0.313 e. The molecule has 0 bridgehead atoms. The molecule has 0 saturated carbocycles. The van der Waals surface area contributed by atoms with E-state index in [4.69, 9.17) is 4.74 Å². The number of esters is 2. The molecule has 0 aromatic heterocycles. The summed E-state index contributed by atoms with van der Waals surface area (Å²) in [5.74, 6) is -1.46. The van der Waals surface area contributed by atoms with Gasteiger partial charge in [0.15, 0.2) is 5.78 Å². The van der Waals surface area contributed by atoms with Crippen molar-refractivity contribution in [3.63, 3.8) is 0 Å². The quantitative estimate of drug-likeness (QED) is 0.0734. The SMILES string of the molecule is CC/C=C\C/C=C\C/C=C\C/C=C\C/C=C\CCCC(=O)OC(=O)CCC(=O)NC(CC(C)C)C(=O)CC. The lowest BCUT2D eigenvalue weighted by atomic mass is 9.99. The van der Waals surface area contributed by atoms with Crippen molar-refractivity contribution in [3.8, 4) is 0 Å². The molecule has 0 aromatic rings. The van der Waals surface area contributed by atoms with Gasteiger partial charge in [-0.3, -0.25) is 19.2 Å². The third-order valence-corrected chi connectivity index (χ3v) is 5.47.